The number of carbonyl (C=O) groups excluding carboxylic acids is 1. The number of phenols is 1. The van der Waals surface area contributed by atoms with Crippen molar-refractivity contribution in [3.05, 3.63) is 59.2 Å². The molecule has 30 heavy (non-hydrogen) atoms. The normalized spacial score (nSPS) is 16.2. The third-order valence-corrected chi connectivity index (χ3v) is 6.19. The van der Waals surface area contributed by atoms with Crippen LogP contribution in [0.4, 0.5) is 5.69 Å². The molecule has 1 fully saturated rings. The van der Waals surface area contributed by atoms with Crippen molar-refractivity contribution >= 4 is 11.6 Å². The second kappa shape index (κ2) is 11.1. The van der Waals surface area contributed by atoms with Gasteiger partial charge in [0.15, 0.2) is 6.04 Å². The lowest BCUT2D eigenvalue weighted by atomic mass is 9.98. The zero-order chi connectivity index (χ0) is 22.1. The third kappa shape index (κ3) is 5.61. The summed E-state index contributed by atoms with van der Waals surface area (Å²) in [7, 11) is 1.00. The minimum Gasteiger partial charge on any atom is -0.508 e. The highest BCUT2D eigenvalue weighted by Gasteiger charge is 2.42. The summed E-state index contributed by atoms with van der Waals surface area (Å²) in [5.74, 6) is 0.405. The number of benzene rings is 2. The lowest BCUT2D eigenvalue weighted by Gasteiger charge is -2.46. The van der Waals surface area contributed by atoms with Gasteiger partial charge in [0, 0.05) is 24.8 Å². The SMILES string of the molecule is CCC(C(=O)Nc1c(C)cccc1C)[N+]1(Cc2cccc(O)c2)CCCCC1.CO. The van der Waals surface area contributed by atoms with E-state index in [1.807, 2.05) is 44.2 Å². The Balaban J connectivity index is 0.00000155. The molecule has 0 radical (unpaired) electrons. The molecule has 2 aromatic rings. The molecule has 1 atom stereocenters. The Bertz CT molecular complexity index is 809. The van der Waals surface area contributed by atoms with Gasteiger partial charge in [0.1, 0.15) is 12.3 Å². The Morgan fingerprint density at radius 1 is 1.03 bits per heavy atom. The van der Waals surface area contributed by atoms with Gasteiger partial charge in [0.2, 0.25) is 0 Å². The Labute approximate surface area is 181 Å². The maximum absolute atomic E-state index is 13.4. The number of nitrogens with one attached hydrogen (secondary N) is 1. The van der Waals surface area contributed by atoms with E-state index in [0.717, 1.165) is 72.9 Å². The number of phenolic OH excluding ortho intramolecular Hbond substituents is 1. The number of hydrogen-bond donors (Lipinski definition) is 3. The average molecular weight is 414 g/mol. The summed E-state index contributed by atoms with van der Waals surface area (Å²) in [5, 5.41) is 20.1. The van der Waals surface area contributed by atoms with Gasteiger partial charge in [-0.3, -0.25) is 4.79 Å². The molecule has 0 aromatic heterocycles. The van der Waals surface area contributed by atoms with E-state index in [2.05, 4.69) is 18.3 Å². The third-order valence-electron chi connectivity index (χ3n) is 6.19. The summed E-state index contributed by atoms with van der Waals surface area (Å²) in [6, 6.07) is 13.5. The summed E-state index contributed by atoms with van der Waals surface area (Å²) >= 11 is 0. The van der Waals surface area contributed by atoms with Crippen LogP contribution in [0.5, 0.6) is 5.75 Å². The first-order chi connectivity index (χ1) is 14.4. The monoisotopic (exact) mass is 413 g/mol. The second-order valence-corrected chi connectivity index (χ2v) is 8.23. The molecule has 2 aromatic carbocycles. The second-order valence-electron chi connectivity index (χ2n) is 8.23. The standard InChI is InChI=1S/C24H32N2O2.CH4O/c1-4-22(24(28)25-23-18(2)10-8-11-19(23)3)26(14-6-5-7-15-26)17-20-12-9-13-21(27)16-20;1-2/h8-13,16,22H,4-7,14-15,17H2,1-3H3,(H-,25,27,28);2H,1H3/p+1. The average Bonchev–Trinajstić information content (AvgIpc) is 2.73. The molecule has 3 rings (SSSR count). The number of aryl methyl sites for hydroxylation is 2. The highest BCUT2D eigenvalue weighted by molar-refractivity contribution is 5.95. The Kier molecular flexibility index (Phi) is 8.88. The number of aromatic hydroxyl groups is 1. The van der Waals surface area contributed by atoms with Gasteiger partial charge < -0.3 is 20.0 Å². The summed E-state index contributed by atoms with van der Waals surface area (Å²) in [4.78, 5) is 13.4. The number of aliphatic hydroxyl groups excluding tert-OH is 1. The van der Waals surface area contributed by atoms with Crippen LogP contribution in [-0.2, 0) is 11.3 Å². The van der Waals surface area contributed by atoms with Crippen LogP contribution in [0.1, 0.15) is 49.3 Å². The Morgan fingerprint density at radius 3 is 2.20 bits per heavy atom. The van der Waals surface area contributed by atoms with E-state index >= 15 is 0 Å². The molecule has 5 nitrogen and oxygen atoms in total. The highest BCUT2D eigenvalue weighted by Crippen LogP contribution is 2.30. The van der Waals surface area contributed by atoms with E-state index < -0.39 is 0 Å². The molecule has 0 aliphatic carbocycles. The van der Waals surface area contributed by atoms with Crippen LogP contribution < -0.4 is 5.32 Å². The van der Waals surface area contributed by atoms with E-state index in [1.54, 1.807) is 6.07 Å². The molecule has 1 aliphatic rings. The first-order valence-corrected chi connectivity index (χ1v) is 10.9. The number of carbonyl (C=O) groups is 1. The van der Waals surface area contributed by atoms with Crippen LogP contribution in [0.2, 0.25) is 0 Å². The smallest absolute Gasteiger partial charge is 0.282 e. The molecule has 1 unspecified atom stereocenters. The van der Waals surface area contributed by atoms with Crippen molar-refractivity contribution in [2.24, 2.45) is 0 Å². The minimum absolute atomic E-state index is 0.0957. The van der Waals surface area contributed by atoms with Crippen LogP contribution in [0, 0.1) is 13.8 Å². The van der Waals surface area contributed by atoms with Crippen molar-refractivity contribution in [3.63, 3.8) is 0 Å². The van der Waals surface area contributed by atoms with Gasteiger partial charge in [-0.1, -0.05) is 37.3 Å². The molecule has 0 saturated carbocycles. The number of piperidine rings is 1. The van der Waals surface area contributed by atoms with Crippen molar-refractivity contribution in [3.8, 4) is 5.75 Å². The van der Waals surface area contributed by atoms with Crippen LogP contribution >= 0.6 is 0 Å². The van der Waals surface area contributed by atoms with Crippen molar-refractivity contribution in [1.29, 1.82) is 0 Å². The number of amides is 1. The van der Waals surface area contributed by atoms with Gasteiger partial charge in [-0.25, -0.2) is 0 Å². The maximum atomic E-state index is 13.4. The van der Waals surface area contributed by atoms with Crippen molar-refractivity contribution in [2.75, 3.05) is 25.5 Å². The molecule has 1 saturated heterocycles. The van der Waals surface area contributed by atoms with Gasteiger partial charge in [-0.15, -0.1) is 0 Å². The number of aliphatic hydroxyl groups is 1. The molecule has 3 N–H and O–H groups in total. The van der Waals surface area contributed by atoms with Gasteiger partial charge in [-0.2, -0.15) is 0 Å². The van der Waals surface area contributed by atoms with Crippen LogP contribution in [0.25, 0.3) is 0 Å². The molecule has 0 bridgehead atoms. The van der Waals surface area contributed by atoms with Gasteiger partial charge in [0.25, 0.3) is 5.91 Å². The fourth-order valence-corrected chi connectivity index (χ4v) is 4.78. The Morgan fingerprint density at radius 2 is 1.63 bits per heavy atom. The van der Waals surface area contributed by atoms with Gasteiger partial charge in [-0.05, 0) is 56.4 Å². The van der Waals surface area contributed by atoms with E-state index in [-0.39, 0.29) is 11.9 Å². The zero-order valence-corrected chi connectivity index (χ0v) is 18.8. The molecule has 164 valence electrons. The summed E-state index contributed by atoms with van der Waals surface area (Å²) < 4.78 is 0.775. The molecule has 1 amide bonds. The number of quaternary nitrogens is 1. The zero-order valence-electron chi connectivity index (χ0n) is 18.8. The van der Waals surface area contributed by atoms with Crippen molar-refractivity contribution < 1.29 is 19.5 Å². The maximum Gasteiger partial charge on any atom is 0.282 e. The fourth-order valence-electron chi connectivity index (χ4n) is 4.78. The first-order valence-electron chi connectivity index (χ1n) is 10.9. The van der Waals surface area contributed by atoms with Crippen LogP contribution in [0.3, 0.4) is 0 Å². The van der Waals surface area contributed by atoms with E-state index in [9.17, 15) is 9.90 Å². The number of rotatable bonds is 6. The topological polar surface area (TPSA) is 69.6 Å². The number of nitrogens with zero attached hydrogens (tertiary/aromatic N) is 1. The highest BCUT2D eigenvalue weighted by atomic mass is 16.3. The van der Waals surface area contributed by atoms with E-state index in [1.165, 1.54) is 6.42 Å². The molecular weight excluding hydrogens is 376 g/mol. The lowest BCUT2D eigenvalue weighted by molar-refractivity contribution is -0.959. The summed E-state index contributed by atoms with van der Waals surface area (Å²) in [6.45, 7) is 9.00. The lowest BCUT2D eigenvalue weighted by Crippen LogP contribution is -2.61. The number of para-hydroxylation sites is 1. The predicted octanol–water partition coefficient (Wildman–Crippen LogP) is 4.54. The van der Waals surface area contributed by atoms with Gasteiger partial charge in [0.05, 0.1) is 13.1 Å². The van der Waals surface area contributed by atoms with E-state index in [0.29, 0.717) is 5.75 Å². The Hall–Kier alpha value is -2.37. The number of anilines is 1. The fraction of sp³-hybridized carbons (Fsp3) is 0.480. The predicted molar refractivity (Wildman–Crippen MR) is 122 cm³/mol. The number of likely N-dealkylation sites (tertiary alicyclic amines) is 1. The van der Waals surface area contributed by atoms with Crippen LogP contribution in [0.15, 0.2) is 42.5 Å². The molecule has 1 heterocycles. The summed E-state index contributed by atoms with van der Waals surface area (Å²) in [5.41, 5.74) is 4.24. The van der Waals surface area contributed by atoms with Crippen molar-refractivity contribution in [1.82, 2.24) is 0 Å². The van der Waals surface area contributed by atoms with Gasteiger partial charge >= 0.3 is 0 Å². The quantitative estimate of drug-likeness (QED) is 0.609. The largest absolute Gasteiger partial charge is 0.508 e. The van der Waals surface area contributed by atoms with Crippen LogP contribution in [-0.4, -0.2) is 46.8 Å². The molecule has 5 heteroatoms. The minimum atomic E-state index is -0.0957. The number of hydrogen-bond acceptors (Lipinski definition) is 3. The molecule has 1 aliphatic heterocycles. The summed E-state index contributed by atoms with van der Waals surface area (Å²) in [6.07, 6.45) is 4.32. The molecule has 0 spiro atoms. The molecular formula is C25H37N2O3+. The first kappa shape index (κ1) is 23.9. The van der Waals surface area contributed by atoms with Crippen molar-refractivity contribution in [2.45, 2.75) is 59.0 Å². The van der Waals surface area contributed by atoms with E-state index in [4.69, 9.17) is 5.11 Å².